The molecule has 1 aliphatic carbocycles. The van der Waals surface area contributed by atoms with Crippen LogP contribution in [0.25, 0.3) is 94.1 Å². The number of hydrogen-bond acceptors (Lipinski definition) is 0. The molecule has 0 unspecified atom stereocenters. The van der Waals surface area contributed by atoms with E-state index < -0.39 is 0 Å². The van der Waals surface area contributed by atoms with E-state index in [0.29, 0.717) is 0 Å². The van der Waals surface area contributed by atoms with Crippen molar-refractivity contribution in [1.29, 1.82) is 0 Å². The van der Waals surface area contributed by atoms with E-state index in [4.69, 9.17) is 0 Å². The molecule has 0 saturated carbocycles. The summed E-state index contributed by atoms with van der Waals surface area (Å²) in [6, 6.07) is 65.6. The Hall–Kier alpha value is -7.36. The predicted molar refractivity (Wildman–Crippen MR) is 262 cm³/mol. The lowest BCUT2D eigenvalue weighted by atomic mass is 9.82. The second-order valence-corrected chi connectivity index (χ2v) is 17.9. The van der Waals surface area contributed by atoms with Gasteiger partial charge in [0.15, 0.2) is 0 Å². The van der Waals surface area contributed by atoms with Gasteiger partial charge in [0.2, 0.25) is 0 Å². The maximum atomic E-state index is 2.49. The van der Waals surface area contributed by atoms with E-state index in [0.717, 1.165) is 0 Å². The van der Waals surface area contributed by atoms with Gasteiger partial charge in [-0.25, -0.2) is 0 Å². The van der Waals surface area contributed by atoms with Crippen LogP contribution in [0.4, 0.5) is 0 Å². The summed E-state index contributed by atoms with van der Waals surface area (Å²) >= 11 is 0. The van der Waals surface area contributed by atoms with Crippen LogP contribution < -0.4 is 0 Å². The van der Waals surface area contributed by atoms with Crippen molar-refractivity contribution in [3.63, 3.8) is 0 Å². The van der Waals surface area contributed by atoms with Crippen molar-refractivity contribution in [3.8, 4) is 50.4 Å². The third-order valence-corrected chi connectivity index (χ3v) is 14.3. The highest BCUT2D eigenvalue weighted by atomic mass is 15.0. The van der Waals surface area contributed by atoms with Crippen molar-refractivity contribution >= 4 is 43.6 Å². The molecule has 0 amide bonds. The largest absolute Gasteiger partial charge is 0.314 e. The first-order valence-corrected chi connectivity index (χ1v) is 21.9. The maximum absolute atomic E-state index is 2.49. The highest BCUT2D eigenvalue weighted by Crippen LogP contribution is 2.50. The smallest absolute Gasteiger partial charge is 0.0541 e. The lowest BCUT2D eigenvalue weighted by molar-refractivity contribution is 0.660. The Bertz CT molecular complexity index is 3440. The van der Waals surface area contributed by atoms with Gasteiger partial charge < -0.3 is 13.7 Å². The standard InChI is InChI=1S/C59H47N3/c1-36-38(3)60(44-15-9-7-10-16-44)55-27-21-40(31-49(36)55)42-23-29-57-51(33-42)52-34-43(41-22-28-56-50(32-41)37(2)39(4)61(56)45-17-11-8-12-18-45)24-30-58(52)62(57)46-25-26-48-47-19-13-14-20-53(47)59(5,6)54(48)35-46/h7-35H,1-6H3. The summed E-state index contributed by atoms with van der Waals surface area (Å²) in [4.78, 5) is 0. The number of rotatable bonds is 5. The number of nitrogens with zero attached hydrogens (tertiary/aromatic N) is 3. The minimum atomic E-state index is -0.0930. The predicted octanol–water partition coefficient (Wildman–Crippen LogP) is 15.5. The summed E-state index contributed by atoms with van der Waals surface area (Å²) in [6.07, 6.45) is 0. The molecule has 0 saturated heterocycles. The Kier molecular flexibility index (Phi) is 7.84. The van der Waals surface area contributed by atoms with Crippen molar-refractivity contribution in [2.45, 2.75) is 47.0 Å². The van der Waals surface area contributed by atoms with Crippen LogP contribution in [0.15, 0.2) is 176 Å². The van der Waals surface area contributed by atoms with Gasteiger partial charge in [-0.2, -0.15) is 0 Å². The molecule has 3 heterocycles. The first-order chi connectivity index (χ1) is 30.2. The monoisotopic (exact) mass is 797 g/mol. The van der Waals surface area contributed by atoms with Gasteiger partial charge in [-0.1, -0.05) is 105 Å². The molecule has 1 aliphatic rings. The van der Waals surface area contributed by atoms with Crippen LogP contribution in [-0.4, -0.2) is 13.7 Å². The second kappa shape index (κ2) is 13.3. The number of fused-ring (bicyclic) bond motifs is 8. The molecule has 8 aromatic carbocycles. The molecule has 11 aromatic rings. The Labute approximate surface area is 362 Å². The van der Waals surface area contributed by atoms with Crippen molar-refractivity contribution in [2.24, 2.45) is 0 Å². The second-order valence-electron chi connectivity index (χ2n) is 17.9. The Morgan fingerprint density at radius 1 is 0.323 bits per heavy atom. The fourth-order valence-corrected chi connectivity index (χ4v) is 10.8. The van der Waals surface area contributed by atoms with Crippen LogP contribution in [0, 0.1) is 27.7 Å². The van der Waals surface area contributed by atoms with Gasteiger partial charge in [-0.15, -0.1) is 0 Å². The molecule has 0 aliphatic heterocycles. The third kappa shape index (κ3) is 5.18. The first kappa shape index (κ1) is 36.5. The zero-order valence-electron chi connectivity index (χ0n) is 36.1. The third-order valence-electron chi connectivity index (χ3n) is 14.3. The maximum Gasteiger partial charge on any atom is 0.0541 e. The zero-order chi connectivity index (χ0) is 42.0. The van der Waals surface area contributed by atoms with Gasteiger partial charge in [0.05, 0.1) is 22.1 Å². The average Bonchev–Trinajstić information content (AvgIpc) is 3.94. The lowest BCUT2D eigenvalue weighted by Gasteiger charge is -2.22. The quantitative estimate of drug-likeness (QED) is 0.165. The lowest BCUT2D eigenvalue weighted by Crippen LogP contribution is -2.15. The summed E-state index contributed by atoms with van der Waals surface area (Å²) in [5.74, 6) is 0. The fraction of sp³-hybridized carbons (Fsp3) is 0.119. The van der Waals surface area contributed by atoms with Crippen molar-refractivity contribution < 1.29 is 0 Å². The molecule has 0 radical (unpaired) electrons. The van der Waals surface area contributed by atoms with Gasteiger partial charge in [0, 0.05) is 55.4 Å². The number of aromatic nitrogens is 3. The minimum absolute atomic E-state index is 0.0930. The SMILES string of the molecule is Cc1c(C)n(-c2ccccc2)c2ccc(-c3ccc4c(c3)c3cc(-c5ccc6c(c5)c(C)c(C)n6-c5ccccc5)ccc3n4-c3ccc4c(c3)C(C)(C)c3ccccc3-4)cc12. The molecule has 0 N–H and O–H groups in total. The van der Waals surface area contributed by atoms with Crippen molar-refractivity contribution in [1.82, 2.24) is 13.7 Å². The summed E-state index contributed by atoms with van der Waals surface area (Å²) in [5.41, 5.74) is 23.9. The minimum Gasteiger partial charge on any atom is -0.314 e. The normalized spacial score (nSPS) is 13.1. The van der Waals surface area contributed by atoms with Crippen LogP contribution >= 0.6 is 0 Å². The summed E-state index contributed by atoms with van der Waals surface area (Å²) in [7, 11) is 0. The molecule has 3 heteroatoms. The highest BCUT2D eigenvalue weighted by molar-refractivity contribution is 6.12. The topological polar surface area (TPSA) is 14.8 Å². The van der Waals surface area contributed by atoms with Crippen LogP contribution in [0.1, 0.15) is 47.5 Å². The van der Waals surface area contributed by atoms with Crippen LogP contribution in [-0.2, 0) is 5.41 Å². The van der Waals surface area contributed by atoms with Gasteiger partial charge in [0.25, 0.3) is 0 Å². The van der Waals surface area contributed by atoms with E-state index in [9.17, 15) is 0 Å². The van der Waals surface area contributed by atoms with Crippen LogP contribution in [0.3, 0.4) is 0 Å². The Morgan fingerprint density at radius 3 is 1.21 bits per heavy atom. The fourth-order valence-electron chi connectivity index (χ4n) is 10.8. The summed E-state index contributed by atoms with van der Waals surface area (Å²) in [5, 5.41) is 5.08. The first-order valence-electron chi connectivity index (χ1n) is 21.9. The zero-order valence-corrected chi connectivity index (χ0v) is 36.1. The van der Waals surface area contributed by atoms with Gasteiger partial charge >= 0.3 is 0 Å². The number of benzene rings is 8. The Balaban J connectivity index is 1.05. The van der Waals surface area contributed by atoms with Gasteiger partial charge in [0.1, 0.15) is 0 Å². The average molecular weight is 798 g/mol. The molecule has 0 bridgehead atoms. The summed E-state index contributed by atoms with van der Waals surface area (Å²) in [6.45, 7) is 13.7. The molecule has 12 rings (SSSR count). The van der Waals surface area contributed by atoms with Crippen molar-refractivity contribution in [3.05, 3.63) is 210 Å². The molecular formula is C59H47N3. The van der Waals surface area contributed by atoms with E-state index in [1.54, 1.807) is 0 Å². The van der Waals surface area contributed by atoms with Crippen molar-refractivity contribution in [2.75, 3.05) is 0 Å². The van der Waals surface area contributed by atoms with E-state index in [1.807, 2.05) is 0 Å². The Morgan fingerprint density at radius 2 is 0.726 bits per heavy atom. The summed E-state index contributed by atoms with van der Waals surface area (Å²) < 4.78 is 7.27. The molecule has 0 fully saturated rings. The molecular weight excluding hydrogens is 751 g/mol. The van der Waals surface area contributed by atoms with Crippen LogP contribution in [0.5, 0.6) is 0 Å². The molecule has 3 aromatic heterocycles. The number of para-hydroxylation sites is 2. The molecule has 0 atom stereocenters. The van der Waals surface area contributed by atoms with Gasteiger partial charge in [-0.05, 0) is 168 Å². The van der Waals surface area contributed by atoms with E-state index >= 15 is 0 Å². The van der Waals surface area contributed by atoms with E-state index in [-0.39, 0.29) is 5.41 Å². The highest BCUT2D eigenvalue weighted by Gasteiger charge is 2.35. The molecule has 62 heavy (non-hydrogen) atoms. The molecule has 3 nitrogen and oxygen atoms in total. The molecule has 298 valence electrons. The number of hydrogen-bond donors (Lipinski definition) is 0. The number of aryl methyl sites for hydroxylation is 2. The van der Waals surface area contributed by atoms with Gasteiger partial charge in [-0.3, -0.25) is 0 Å². The van der Waals surface area contributed by atoms with E-state index in [1.165, 1.54) is 128 Å². The van der Waals surface area contributed by atoms with E-state index in [2.05, 4.69) is 231 Å². The van der Waals surface area contributed by atoms with Crippen LogP contribution in [0.2, 0.25) is 0 Å². The molecule has 0 spiro atoms.